The van der Waals surface area contributed by atoms with Gasteiger partial charge in [0.05, 0.1) is 12.3 Å². The Hall–Kier alpha value is -2.04. The van der Waals surface area contributed by atoms with Crippen LogP contribution in [0, 0.1) is 0 Å². The van der Waals surface area contributed by atoms with Crippen molar-refractivity contribution in [2.75, 3.05) is 18.5 Å². The fourth-order valence-electron chi connectivity index (χ4n) is 1.66. The van der Waals surface area contributed by atoms with Gasteiger partial charge in [-0.05, 0) is 25.5 Å². The van der Waals surface area contributed by atoms with E-state index in [1.165, 1.54) is 0 Å². The second-order valence-corrected chi connectivity index (χ2v) is 4.36. The van der Waals surface area contributed by atoms with Crippen molar-refractivity contribution in [3.63, 3.8) is 0 Å². The van der Waals surface area contributed by atoms with Crippen molar-refractivity contribution in [2.45, 2.75) is 33.1 Å². The number of rotatable bonds is 8. The summed E-state index contributed by atoms with van der Waals surface area (Å²) in [5.74, 6) is 0.00531. The molecule has 1 rings (SSSR count). The molecule has 0 aliphatic carbocycles. The number of nitrogens with one attached hydrogen (secondary N) is 2. The highest BCUT2D eigenvalue weighted by Gasteiger charge is 2.11. The number of carbonyl (C=O) groups excluding carboxylic acids is 2. The minimum atomic E-state index is -0.342. The van der Waals surface area contributed by atoms with Gasteiger partial charge in [-0.25, -0.2) is 0 Å². The Balaban J connectivity index is 2.47. The standard InChI is InChI=1S/C15H22N2O3/c1-3-5-10-16-14(18)11-15(19)17-12-8-6-7-9-13(12)20-4-2/h6-9H,3-5,10-11H2,1-2H3,(H,16,18)(H,17,19). The molecule has 2 N–H and O–H groups in total. The number of hydrogen-bond donors (Lipinski definition) is 2. The molecule has 1 aromatic rings. The fraction of sp³-hybridized carbons (Fsp3) is 0.467. The summed E-state index contributed by atoms with van der Waals surface area (Å²) >= 11 is 0. The number of hydrogen-bond acceptors (Lipinski definition) is 3. The van der Waals surface area contributed by atoms with Crippen LogP contribution in [0.4, 0.5) is 5.69 Å². The normalized spacial score (nSPS) is 9.90. The molecule has 0 heterocycles. The van der Waals surface area contributed by atoms with Crippen LogP contribution < -0.4 is 15.4 Å². The summed E-state index contributed by atoms with van der Waals surface area (Å²) in [7, 11) is 0. The molecular formula is C15H22N2O3. The Morgan fingerprint density at radius 2 is 1.90 bits per heavy atom. The van der Waals surface area contributed by atoms with Crippen molar-refractivity contribution < 1.29 is 14.3 Å². The van der Waals surface area contributed by atoms with E-state index in [-0.39, 0.29) is 18.2 Å². The maximum absolute atomic E-state index is 11.8. The smallest absolute Gasteiger partial charge is 0.233 e. The van der Waals surface area contributed by atoms with E-state index < -0.39 is 0 Å². The Morgan fingerprint density at radius 3 is 2.60 bits per heavy atom. The summed E-state index contributed by atoms with van der Waals surface area (Å²) in [6.07, 6.45) is 1.75. The number of amides is 2. The highest BCUT2D eigenvalue weighted by atomic mass is 16.5. The number of carbonyl (C=O) groups is 2. The van der Waals surface area contributed by atoms with E-state index in [1.807, 2.05) is 19.9 Å². The summed E-state index contributed by atoms with van der Waals surface area (Å²) in [6, 6.07) is 7.16. The van der Waals surface area contributed by atoms with Crippen molar-refractivity contribution in [1.82, 2.24) is 5.32 Å². The third-order valence-electron chi connectivity index (χ3n) is 2.63. The Morgan fingerprint density at radius 1 is 1.15 bits per heavy atom. The van der Waals surface area contributed by atoms with Gasteiger partial charge < -0.3 is 15.4 Å². The zero-order chi connectivity index (χ0) is 14.8. The van der Waals surface area contributed by atoms with E-state index in [0.717, 1.165) is 12.8 Å². The average molecular weight is 278 g/mol. The molecule has 0 saturated heterocycles. The lowest BCUT2D eigenvalue weighted by Crippen LogP contribution is -2.28. The third kappa shape index (κ3) is 5.73. The quantitative estimate of drug-likeness (QED) is 0.566. The van der Waals surface area contributed by atoms with E-state index >= 15 is 0 Å². The minimum Gasteiger partial charge on any atom is -0.492 e. The zero-order valence-electron chi connectivity index (χ0n) is 12.1. The molecule has 0 aromatic heterocycles. The first-order valence-corrected chi connectivity index (χ1v) is 6.95. The largest absolute Gasteiger partial charge is 0.492 e. The molecule has 0 radical (unpaired) electrons. The van der Waals surface area contributed by atoms with Crippen LogP contribution >= 0.6 is 0 Å². The van der Waals surface area contributed by atoms with Gasteiger partial charge in [-0.3, -0.25) is 9.59 Å². The molecule has 110 valence electrons. The van der Waals surface area contributed by atoms with Gasteiger partial charge >= 0.3 is 0 Å². The van der Waals surface area contributed by atoms with E-state index in [4.69, 9.17) is 4.74 Å². The summed E-state index contributed by atoms with van der Waals surface area (Å²) in [5, 5.41) is 5.40. The number of para-hydroxylation sites is 2. The predicted molar refractivity (Wildman–Crippen MR) is 78.8 cm³/mol. The Labute approximate surface area is 119 Å². The molecule has 5 nitrogen and oxygen atoms in total. The van der Waals surface area contributed by atoms with Crippen molar-refractivity contribution in [3.05, 3.63) is 24.3 Å². The zero-order valence-corrected chi connectivity index (χ0v) is 12.1. The van der Waals surface area contributed by atoms with Crippen molar-refractivity contribution >= 4 is 17.5 Å². The molecule has 0 fully saturated rings. The average Bonchev–Trinajstić information content (AvgIpc) is 2.41. The second kappa shape index (κ2) is 8.96. The van der Waals surface area contributed by atoms with Gasteiger partial charge in [0.1, 0.15) is 12.2 Å². The van der Waals surface area contributed by atoms with Crippen LogP contribution in [0.25, 0.3) is 0 Å². The summed E-state index contributed by atoms with van der Waals surface area (Å²) in [6.45, 7) is 5.05. The van der Waals surface area contributed by atoms with Crippen molar-refractivity contribution in [3.8, 4) is 5.75 Å². The molecule has 20 heavy (non-hydrogen) atoms. The maximum Gasteiger partial charge on any atom is 0.233 e. The molecule has 0 saturated carbocycles. The van der Waals surface area contributed by atoms with Crippen LogP contribution in [0.2, 0.25) is 0 Å². The lowest BCUT2D eigenvalue weighted by Gasteiger charge is -2.11. The molecule has 1 aromatic carbocycles. The van der Waals surface area contributed by atoms with Crippen molar-refractivity contribution in [1.29, 1.82) is 0 Å². The molecule has 0 aliphatic heterocycles. The van der Waals surface area contributed by atoms with Gasteiger partial charge in [-0.15, -0.1) is 0 Å². The predicted octanol–water partition coefficient (Wildman–Crippen LogP) is 2.33. The highest BCUT2D eigenvalue weighted by Crippen LogP contribution is 2.23. The van der Waals surface area contributed by atoms with Crippen LogP contribution in [0.3, 0.4) is 0 Å². The molecule has 0 unspecified atom stereocenters. The van der Waals surface area contributed by atoms with Crippen LogP contribution in [-0.4, -0.2) is 25.0 Å². The fourth-order valence-corrected chi connectivity index (χ4v) is 1.66. The number of ether oxygens (including phenoxy) is 1. The van der Waals surface area contributed by atoms with Crippen LogP contribution in [0.1, 0.15) is 33.1 Å². The third-order valence-corrected chi connectivity index (χ3v) is 2.63. The van der Waals surface area contributed by atoms with Crippen LogP contribution in [0.5, 0.6) is 5.75 Å². The number of benzene rings is 1. The van der Waals surface area contributed by atoms with Gasteiger partial charge in [-0.2, -0.15) is 0 Å². The van der Waals surface area contributed by atoms with E-state index in [0.29, 0.717) is 24.6 Å². The second-order valence-electron chi connectivity index (χ2n) is 4.36. The summed E-state index contributed by atoms with van der Waals surface area (Å²) in [5.41, 5.74) is 0.584. The monoisotopic (exact) mass is 278 g/mol. The highest BCUT2D eigenvalue weighted by molar-refractivity contribution is 6.04. The van der Waals surface area contributed by atoms with Crippen molar-refractivity contribution in [2.24, 2.45) is 0 Å². The lowest BCUT2D eigenvalue weighted by atomic mass is 10.2. The van der Waals surface area contributed by atoms with E-state index in [9.17, 15) is 9.59 Å². The Kier molecular flexibility index (Phi) is 7.17. The van der Waals surface area contributed by atoms with Gasteiger partial charge in [-0.1, -0.05) is 25.5 Å². The van der Waals surface area contributed by atoms with Gasteiger partial charge in [0.25, 0.3) is 0 Å². The van der Waals surface area contributed by atoms with Gasteiger partial charge in [0.15, 0.2) is 0 Å². The van der Waals surface area contributed by atoms with E-state index in [2.05, 4.69) is 10.6 Å². The molecule has 0 spiro atoms. The molecule has 5 heteroatoms. The van der Waals surface area contributed by atoms with Crippen LogP contribution in [0.15, 0.2) is 24.3 Å². The molecule has 0 aliphatic rings. The number of anilines is 1. The Bertz CT molecular complexity index is 446. The van der Waals surface area contributed by atoms with E-state index in [1.54, 1.807) is 18.2 Å². The first kappa shape index (κ1) is 16.0. The first-order valence-electron chi connectivity index (χ1n) is 6.95. The number of unbranched alkanes of at least 4 members (excludes halogenated alkanes) is 1. The molecular weight excluding hydrogens is 256 g/mol. The van der Waals surface area contributed by atoms with Gasteiger partial charge in [0, 0.05) is 6.54 Å². The molecule has 2 amide bonds. The maximum atomic E-state index is 11.8. The topological polar surface area (TPSA) is 67.4 Å². The first-order chi connectivity index (χ1) is 9.67. The molecule has 0 bridgehead atoms. The SMILES string of the molecule is CCCCNC(=O)CC(=O)Nc1ccccc1OCC. The molecule has 0 atom stereocenters. The minimum absolute atomic E-state index is 0.176. The summed E-state index contributed by atoms with van der Waals surface area (Å²) in [4.78, 5) is 23.3. The summed E-state index contributed by atoms with van der Waals surface area (Å²) < 4.78 is 5.41. The lowest BCUT2D eigenvalue weighted by molar-refractivity contribution is -0.126. The van der Waals surface area contributed by atoms with Gasteiger partial charge in [0.2, 0.25) is 11.8 Å². The van der Waals surface area contributed by atoms with Crippen LogP contribution in [-0.2, 0) is 9.59 Å².